The average Bonchev–Trinajstić information content (AvgIpc) is 2.17. The molecule has 0 aromatic heterocycles. The van der Waals surface area contributed by atoms with Crippen LogP contribution >= 0.6 is 0 Å². The third kappa shape index (κ3) is 3.73. The first kappa shape index (κ1) is 13.4. The Balaban J connectivity index is 2.88. The first-order chi connectivity index (χ1) is 7.37. The highest BCUT2D eigenvalue weighted by atomic mass is 32.2. The van der Waals surface area contributed by atoms with Gasteiger partial charge in [0.25, 0.3) is 10.1 Å². The summed E-state index contributed by atoms with van der Waals surface area (Å²) in [6.45, 7) is 5.63. The van der Waals surface area contributed by atoms with Gasteiger partial charge in [-0.3, -0.25) is 0 Å². The van der Waals surface area contributed by atoms with Crippen LogP contribution in [-0.2, 0) is 14.0 Å². The fraction of sp³-hybridized carbons (Fsp3) is 0.455. The van der Waals surface area contributed by atoms with E-state index in [-0.39, 0.29) is 5.75 Å². The Morgan fingerprint density at radius 2 is 1.75 bits per heavy atom. The van der Waals surface area contributed by atoms with Gasteiger partial charge < -0.3 is 3.87 Å². The Kier molecular flexibility index (Phi) is 4.29. The molecular formula is C11H18O3SSi. The molecule has 0 saturated heterocycles. The molecular weight excluding hydrogens is 240 g/mol. The maximum Gasteiger partial charge on any atom is 0.258 e. The van der Waals surface area contributed by atoms with Crippen molar-refractivity contribution in [3.63, 3.8) is 0 Å². The molecule has 0 aliphatic carbocycles. The molecule has 3 nitrogen and oxygen atoms in total. The van der Waals surface area contributed by atoms with Gasteiger partial charge in [0.2, 0.25) is 8.32 Å². The maximum atomic E-state index is 11.6. The van der Waals surface area contributed by atoms with Gasteiger partial charge in [0.15, 0.2) is 0 Å². The molecule has 0 atom stereocenters. The van der Waals surface area contributed by atoms with Crippen LogP contribution in [0.5, 0.6) is 0 Å². The minimum absolute atomic E-state index is 0.0935. The van der Waals surface area contributed by atoms with Crippen molar-refractivity contribution in [1.82, 2.24) is 0 Å². The predicted molar refractivity (Wildman–Crippen MR) is 68.7 cm³/mol. The van der Waals surface area contributed by atoms with E-state index in [0.717, 1.165) is 5.19 Å². The third-order valence-electron chi connectivity index (χ3n) is 2.26. The molecule has 0 radical (unpaired) electrons. The molecule has 0 fully saturated rings. The number of hydrogen-bond donors (Lipinski definition) is 0. The number of hydrogen-bond acceptors (Lipinski definition) is 3. The topological polar surface area (TPSA) is 43.4 Å². The molecule has 1 aromatic carbocycles. The van der Waals surface area contributed by atoms with E-state index in [0.29, 0.717) is 6.42 Å². The minimum atomic E-state index is -3.38. The molecule has 0 amide bonds. The lowest BCUT2D eigenvalue weighted by molar-refractivity contribution is 0.487. The van der Waals surface area contributed by atoms with Crippen LogP contribution in [0.15, 0.2) is 30.3 Å². The van der Waals surface area contributed by atoms with Gasteiger partial charge in [-0.2, -0.15) is 0 Å². The van der Waals surface area contributed by atoms with Gasteiger partial charge in [0, 0.05) is 0 Å². The minimum Gasteiger partial charge on any atom is -0.310 e. The summed E-state index contributed by atoms with van der Waals surface area (Å²) < 4.78 is 28.6. The highest BCUT2D eigenvalue weighted by Crippen LogP contribution is 2.10. The van der Waals surface area contributed by atoms with Crippen LogP contribution in [-0.4, -0.2) is 22.5 Å². The zero-order valence-electron chi connectivity index (χ0n) is 9.93. The molecule has 90 valence electrons. The number of rotatable bonds is 5. The Labute approximate surface area is 98.7 Å². The van der Waals surface area contributed by atoms with Crippen molar-refractivity contribution in [2.24, 2.45) is 0 Å². The van der Waals surface area contributed by atoms with Gasteiger partial charge >= 0.3 is 0 Å². The highest BCUT2D eigenvalue weighted by Gasteiger charge is 2.31. The Morgan fingerprint density at radius 1 is 1.19 bits per heavy atom. The van der Waals surface area contributed by atoms with Gasteiger partial charge in [-0.1, -0.05) is 37.3 Å². The van der Waals surface area contributed by atoms with E-state index in [9.17, 15) is 8.42 Å². The summed E-state index contributed by atoms with van der Waals surface area (Å²) in [5.74, 6) is 0.0935. The van der Waals surface area contributed by atoms with E-state index in [1.165, 1.54) is 0 Å². The van der Waals surface area contributed by atoms with Crippen LogP contribution in [0.25, 0.3) is 0 Å². The molecule has 0 aliphatic heterocycles. The van der Waals surface area contributed by atoms with Crippen LogP contribution in [0.1, 0.15) is 13.3 Å². The van der Waals surface area contributed by atoms with E-state index >= 15 is 0 Å². The molecule has 5 heteroatoms. The quantitative estimate of drug-likeness (QED) is 0.757. The molecule has 0 saturated carbocycles. The van der Waals surface area contributed by atoms with Gasteiger partial charge in [-0.05, 0) is 24.7 Å². The zero-order chi connectivity index (χ0) is 12.2. The van der Waals surface area contributed by atoms with Crippen LogP contribution in [0.3, 0.4) is 0 Å². The van der Waals surface area contributed by atoms with Crippen LogP contribution in [0.2, 0.25) is 13.1 Å². The van der Waals surface area contributed by atoms with Crippen molar-refractivity contribution < 1.29 is 12.3 Å². The lowest BCUT2D eigenvalue weighted by Crippen LogP contribution is -2.46. The SMILES string of the molecule is CCCS(=O)(=O)O[Si](C)(C)c1ccccc1. The van der Waals surface area contributed by atoms with Crippen LogP contribution < -0.4 is 5.19 Å². The third-order valence-corrected chi connectivity index (χ3v) is 7.57. The van der Waals surface area contributed by atoms with Crippen molar-refractivity contribution >= 4 is 23.6 Å². The lowest BCUT2D eigenvalue weighted by Gasteiger charge is -2.22. The van der Waals surface area contributed by atoms with E-state index in [2.05, 4.69) is 0 Å². The molecule has 0 N–H and O–H groups in total. The van der Waals surface area contributed by atoms with Crippen molar-refractivity contribution in [2.45, 2.75) is 26.4 Å². The molecule has 0 bridgehead atoms. The van der Waals surface area contributed by atoms with Crippen LogP contribution in [0, 0.1) is 0 Å². The van der Waals surface area contributed by atoms with Gasteiger partial charge in [0.05, 0.1) is 5.75 Å². The molecule has 0 spiro atoms. The van der Waals surface area contributed by atoms with Crippen molar-refractivity contribution in [2.75, 3.05) is 5.75 Å². The second-order valence-corrected chi connectivity index (χ2v) is 10.0. The van der Waals surface area contributed by atoms with Crippen molar-refractivity contribution in [3.8, 4) is 0 Å². The smallest absolute Gasteiger partial charge is 0.258 e. The predicted octanol–water partition coefficient (Wildman–Crippen LogP) is 1.86. The summed E-state index contributed by atoms with van der Waals surface area (Å²) in [6, 6.07) is 9.57. The highest BCUT2D eigenvalue weighted by molar-refractivity contribution is 7.87. The monoisotopic (exact) mass is 258 g/mol. The van der Waals surface area contributed by atoms with E-state index in [1.54, 1.807) is 0 Å². The summed E-state index contributed by atoms with van der Waals surface area (Å²) in [6.07, 6.45) is 0.585. The molecule has 1 aromatic rings. The van der Waals surface area contributed by atoms with E-state index in [4.69, 9.17) is 3.87 Å². The van der Waals surface area contributed by atoms with Crippen molar-refractivity contribution in [1.29, 1.82) is 0 Å². The summed E-state index contributed by atoms with van der Waals surface area (Å²) in [5.41, 5.74) is 0. The molecule has 16 heavy (non-hydrogen) atoms. The van der Waals surface area contributed by atoms with E-state index < -0.39 is 18.4 Å². The summed E-state index contributed by atoms with van der Waals surface area (Å²) in [5, 5.41) is 0.995. The maximum absolute atomic E-state index is 11.6. The Bertz CT molecular complexity index is 426. The van der Waals surface area contributed by atoms with Gasteiger partial charge in [0.1, 0.15) is 0 Å². The number of benzene rings is 1. The van der Waals surface area contributed by atoms with Gasteiger partial charge in [-0.25, -0.2) is 8.42 Å². The standard InChI is InChI=1S/C11H18O3SSi/c1-4-10-15(12,13)14-16(2,3)11-8-6-5-7-9-11/h5-9H,4,10H2,1-3H3. The van der Waals surface area contributed by atoms with E-state index in [1.807, 2.05) is 50.3 Å². The first-order valence-electron chi connectivity index (χ1n) is 5.36. The second kappa shape index (κ2) is 5.12. The average molecular weight is 258 g/mol. The normalized spacial score (nSPS) is 12.7. The largest absolute Gasteiger partial charge is 0.310 e. The molecule has 0 heterocycles. The second-order valence-electron chi connectivity index (χ2n) is 4.22. The molecule has 0 unspecified atom stereocenters. The molecule has 1 rings (SSSR count). The fourth-order valence-corrected chi connectivity index (χ4v) is 6.25. The Hall–Kier alpha value is -0.653. The van der Waals surface area contributed by atoms with Gasteiger partial charge in [-0.15, -0.1) is 0 Å². The zero-order valence-corrected chi connectivity index (χ0v) is 11.8. The summed E-state index contributed by atoms with van der Waals surface area (Å²) in [7, 11) is -5.72. The summed E-state index contributed by atoms with van der Waals surface area (Å²) in [4.78, 5) is 0. The van der Waals surface area contributed by atoms with Crippen molar-refractivity contribution in [3.05, 3.63) is 30.3 Å². The molecule has 0 aliphatic rings. The lowest BCUT2D eigenvalue weighted by atomic mass is 10.4. The first-order valence-corrected chi connectivity index (χ1v) is 9.85. The Morgan fingerprint density at radius 3 is 2.25 bits per heavy atom. The fourth-order valence-electron chi connectivity index (χ4n) is 1.50. The van der Waals surface area contributed by atoms with Crippen LogP contribution in [0.4, 0.5) is 0 Å². The summed E-state index contributed by atoms with van der Waals surface area (Å²) >= 11 is 0.